The summed E-state index contributed by atoms with van der Waals surface area (Å²) < 4.78 is 0. The maximum absolute atomic E-state index is 2.60. The quantitative estimate of drug-likeness (QED) is 0.292. The molecule has 0 atom stereocenters. The summed E-state index contributed by atoms with van der Waals surface area (Å²) in [7, 11) is -0.539. The van der Waals surface area contributed by atoms with E-state index < -0.39 is 14.5 Å². The minimum absolute atomic E-state index is 0.129. The molecule has 2 aromatic rings. The first-order valence-electron chi connectivity index (χ1n) is 14.9. The third-order valence-electron chi connectivity index (χ3n) is 9.73. The van der Waals surface area contributed by atoms with Crippen molar-refractivity contribution < 1.29 is 0 Å². The van der Waals surface area contributed by atoms with Gasteiger partial charge in [0.05, 0.1) is 61.9 Å². The Labute approximate surface area is 239 Å². The lowest BCUT2D eigenvalue weighted by Gasteiger charge is -2.38. The average molecular weight is 558 g/mol. The lowest BCUT2D eigenvalue weighted by molar-refractivity contribution is 0.590. The zero-order chi connectivity index (χ0) is 29.6. The van der Waals surface area contributed by atoms with Gasteiger partial charge in [-0.3, -0.25) is 0 Å². The molecular weight excluding hydrogens is 496 g/mol. The van der Waals surface area contributed by atoms with Gasteiger partial charge >= 0.3 is 0 Å². The van der Waals surface area contributed by atoms with Gasteiger partial charge in [0, 0.05) is 7.05 Å². The van der Waals surface area contributed by atoms with Crippen molar-refractivity contribution in [2.75, 3.05) is 25.3 Å². The van der Waals surface area contributed by atoms with E-state index in [1.54, 1.807) is 10.6 Å². The Morgan fingerprint density at radius 3 is 1.00 bits per heavy atom. The van der Waals surface area contributed by atoms with Crippen molar-refractivity contribution in [2.45, 2.75) is 130 Å². The van der Waals surface area contributed by atoms with E-state index in [1.165, 1.54) is 22.5 Å². The summed E-state index contributed by atoms with van der Waals surface area (Å²) in [6.07, 6.45) is 0. The number of anilines is 2. The molecule has 0 amide bonds. The monoisotopic (exact) mass is 557 g/mol. The molecule has 0 aliphatic rings. The highest BCUT2D eigenvalue weighted by molar-refractivity contribution is 7.84. The molecule has 0 aliphatic heterocycles. The van der Waals surface area contributed by atoms with Crippen LogP contribution in [0.1, 0.15) is 108 Å². The van der Waals surface area contributed by atoms with Crippen LogP contribution >= 0.6 is 14.5 Å². The van der Waals surface area contributed by atoms with Crippen LogP contribution in [0.25, 0.3) is 0 Å². The van der Waals surface area contributed by atoms with Crippen LogP contribution in [0.15, 0.2) is 36.4 Å². The second-order valence-electron chi connectivity index (χ2n) is 15.1. The van der Waals surface area contributed by atoms with Crippen LogP contribution in [-0.2, 0) is 10.8 Å². The second kappa shape index (κ2) is 11.5. The van der Waals surface area contributed by atoms with Crippen molar-refractivity contribution >= 4 is 36.5 Å². The Kier molecular flexibility index (Phi) is 10.1. The van der Waals surface area contributed by atoms with Gasteiger partial charge in [-0.05, 0) is 102 Å². The fraction of sp³-hybridized carbons (Fsp3) is 0.657. The number of hydrogen-bond acceptors (Lipinski definition) is 1. The Balaban J connectivity index is 2.99. The van der Waals surface area contributed by atoms with Gasteiger partial charge in [-0.2, -0.15) is 0 Å². The molecule has 0 saturated carbocycles. The van der Waals surface area contributed by atoms with Crippen LogP contribution in [0.5, 0.6) is 0 Å². The molecule has 0 unspecified atom stereocenters. The number of nitrogens with zero attached hydrogens (tertiary/aromatic N) is 1. The van der Waals surface area contributed by atoms with Crippen LogP contribution in [0, 0.1) is 0 Å². The van der Waals surface area contributed by atoms with Crippen molar-refractivity contribution in [3.63, 3.8) is 0 Å². The zero-order valence-electron chi connectivity index (χ0n) is 28.1. The van der Waals surface area contributed by atoms with Crippen molar-refractivity contribution in [3.8, 4) is 0 Å². The largest absolute Gasteiger partial charge is 0.338 e. The normalized spacial score (nSPS) is 13.8. The molecule has 1 nitrogen and oxygen atoms in total. The molecule has 38 heavy (non-hydrogen) atoms. The highest BCUT2D eigenvalue weighted by Gasteiger charge is 2.47. The smallest absolute Gasteiger partial charge is 0.118 e. The van der Waals surface area contributed by atoms with Crippen LogP contribution in [-0.4, -0.2) is 43.0 Å². The highest BCUT2D eigenvalue weighted by Crippen LogP contribution is 2.66. The maximum Gasteiger partial charge on any atom is 0.118 e. The first-order chi connectivity index (χ1) is 17.1. The lowest BCUT2D eigenvalue weighted by atomic mass is 9.86. The van der Waals surface area contributed by atoms with Crippen LogP contribution in [0.4, 0.5) is 11.4 Å². The van der Waals surface area contributed by atoms with Gasteiger partial charge in [-0.15, -0.1) is 0 Å². The van der Waals surface area contributed by atoms with Crippen molar-refractivity contribution in [2.24, 2.45) is 0 Å². The summed E-state index contributed by atoms with van der Waals surface area (Å²) in [5.74, 6) is 0. The third kappa shape index (κ3) is 6.21. The predicted molar refractivity (Wildman–Crippen MR) is 184 cm³/mol. The van der Waals surface area contributed by atoms with Gasteiger partial charge in [0.15, 0.2) is 0 Å². The molecule has 214 valence electrons. The molecule has 2 rings (SSSR count). The standard InChI is InChI=1S/C35H61NP2/c1-24(2)37(16,25(3)4)32-22-28(34(9,10)11)18-20-30(32)36(15)31-21-19-29(35(12,13)14)23-33(31)38(17,26(5)6)27(7)8/h18-27H,1-17H3/q+2. The molecule has 0 heterocycles. The topological polar surface area (TPSA) is 3.24 Å². The van der Waals surface area contributed by atoms with Crippen LogP contribution < -0.4 is 15.5 Å². The summed E-state index contributed by atoms with van der Waals surface area (Å²) >= 11 is 0. The van der Waals surface area contributed by atoms with Gasteiger partial charge in [0.1, 0.15) is 10.6 Å². The molecule has 0 bridgehead atoms. The van der Waals surface area contributed by atoms with Gasteiger partial charge in [0.2, 0.25) is 0 Å². The van der Waals surface area contributed by atoms with Crippen molar-refractivity contribution in [3.05, 3.63) is 47.5 Å². The molecule has 0 radical (unpaired) electrons. The van der Waals surface area contributed by atoms with E-state index >= 15 is 0 Å². The maximum atomic E-state index is 2.60. The van der Waals surface area contributed by atoms with E-state index in [-0.39, 0.29) is 10.8 Å². The molecule has 0 N–H and O–H groups in total. The Morgan fingerprint density at radius 1 is 0.526 bits per heavy atom. The van der Waals surface area contributed by atoms with Crippen LogP contribution in [0.3, 0.4) is 0 Å². The van der Waals surface area contributed by atoms with E-state index in [0.29, 0.717) is 22.6 Å². The SMILES string of the molecule is CC(C)[P+](C)(c1cc(C(C)(C)C)ccc1N(C)c1ccc(C(C)(C)C)cc1[P+](C)(C(C)C)C(C)C)C(C)C. The summed E-state index contributed by atoms with van der Waals surface area (Å²) in [6, 6.07) is 14.8. The number of hydrogen-bond donors (Lipinski definition) is 0. The van der Waals surface area contributed by atoms with Gasteiger partial charge in [-0.1, -0.05) is 53.7 Å². The summed E-state index contributed by atoms with van der Waals surface area (Å²) in [4.78, 5) is 2.57. The van der Waals surface area contributed by atoms with E-state index in [4.69, 9.17) is 0 Å². The van der Waals surface area contributed by atoms with E-state index in [1.807, 2.05) is 0 Å². The fourth-order valence-corrected chi connectivity index (χ4v) is 12.6. The Hall–Kier alpha value is -0.900. The molecule has 0 aliphatic carbocycles. The molecule has 0 spiro atoms. The predicted octanol–water partition coefficient (Wildman–Crippen LogP) is 10.2. The number of benzene rings is 2. The lowest BCUT2D eigenvalue weighted by Crippen LogP contribution is -2.34. The van der Waals surface area contributed by atoms with Crippen molar-refractivity contribution in [1.29, 1.82) is 0 Å². The fourth-order valence-electron chi connectivity index (χ4n) is 5.75. The van der Waals surface area contributed by atoms with E-state index in [9.17, 15) is 0 Å². The molecule has 3 heteroatoms. The molecule has 2 aromatic carbocycles. The Bertz CT molecular complexity index is 992. The third-order valence-corrected chi connectivity index (χ3v) is 21.1. The molecule has 0 aromatic heterocycles. The van der Waals surface area contributed by atoms with Crippen molar-refractivity contribution in [1.82, 2.24) is 0 Å². The number of rotatable bonds is 8. The summed E-state index contributed by atoms with van der Waals surface area (Å²) in [5.41, 5.74) is 8.50. The van der Waals surface area contributed by atoms with Gasteiger partial charge < -0.3 is 4.90 Å². The van der Waals surface area contributed by atoms with E-state index in [0.717, 1.165) is 0 Å². The zero-order valence-corrected chi connectivity index (χ0v) is 29.9. The summed E-state index contributed by atoms with van der Waals surface area (Å²) in [6.45, 7) is 38.9. The minimum atomic E-state index is -1.44. The van der Waals surface area contributed by atoms with Gasteiger partial charge in [-0.25, -0.2) is 0 Å². The van der Waals surface area contributed by atoms with Crippen LogP contribution in [0.2, 0.25) is 0 Å². The van der Waals surface area contributed by atoms with E-state index in [2.05, 4.69) is 159 Å². The average Bonchev–Trinajstić information content (AvgIpc) is 2.79. The highest BCUT2D eigenvalue weighted by atomic mass is 31.2. The van der Waals surface area contributed by atoms with Gasteiger partial charge in [0.25, 0.3) is 0 Å². The first kappa shape index (κ1) is 33.3. The first-order valence-corrected chi connectivity index (χ1v) is 19.6. The minimum Gasteiger partial charge on any atom is -0.338 e. The molecule has 0 fully saturated rings. The second-order valence-corrected chi connectivity index (χ2v) is 24.8. The summed E-state index contributed by atoms with van der Waals surface area (Å²) in [5, 5.41) is 3.19. The molecular formula is C35H61NP2+2. The molecule has 0 saturated heterocycles. The Morgan fingerprint density at radius 2 is 0.789 bits per heavy atom.